The van der Waals surface area contributed by atoms with Gasteiger partial charge in [-0.15, -0.1) is 10.2 Å². The number of aromatic nitrogens is 6. The number of benzene rings is 2. The lowest BCUT2D eigenvalue weighted by molar-refractivity contribution is 0.225. The van der Waals surface area contributed by atoms with Crippen molar-refractivity contribution in [3.8, 4) is 22.8 Å². The summed E-state index contributed by atoms with van der Waals surface area (Å²) >= 11 is 0. The SMILES string of the molecule is Cc1nc(-c2ccccc2)nn1C(C)(C)n1nc(-c2cccc(C(C)(C)C)c2)nc1C. The summed E-state index contributed by atoms with van der Waals surface area (Å²) in [5.74, 6) is 3.09. The van der Waals surface area contributed by atoms with E-state index >= 15 is 0 Å². The van der Waals surface area contributed by atoms with Crippen LogP contribution in [0.2, 0.25) is 0 Å². The third-order valence-corrected chi connectivity index (χ3v) is 5.59. The van der Waals surface area contributed by atoms with Gasteiger partial charge in [0.2, 0.25) is 0 Å². The molecule has 0 saturated heterocycles. The molecule has 6 nitrogen and oxygen atoms in total. The lowest BCUT2D eigenvalue weighted by Crippen LogP contribution is -2.38. The summed E-state index contributed by atoms with van der Waals surface area (Å²) < 4.78 is 3.86. The van der Waals surface area contributed by atoms with Gasteiger partial charge in [-0.1, -0.05) is 69.3 Å². The Morgan fingerprint density at radius 1 is 0.645 bits per heavy atom. The van der Waals surface area contributed by atoms with Crippen LogP contribution in [0.1, 0.15) is 51.8 Å². The van der Waals surface area contributed by atoms with Crippen LogP contribution in [0, 0.1) is 13.8 Å². The molecule has 4 aromatic rings. The fourth-order valence-electron chi connectivity index (χ4n) is 3.86. The van der Waals surface area contributed by atoms with Crippen LogP contribution < -0.4 is 0 Å². The minimum Gasteiger partial charge on any atom is -0.223 e. The van der Waals surface area contributed by atoms with Crippen molar-refractivity contribution in [2.45, 2.75) is 59.5 Å². The fourth-order valence-corrected chi connectivity index (χ4v) is 3.86. The minimum atomic E-state index is -0.568. The monoisotopic (exact) mass is 414 g/mol. The average molecular weight is 415 g/mol. The Kier molecular flexibility index (Phi) is 5.04. The number of aryl methyl sites for hydroxylation is 2. The Hall–Kier alpha value is -3.28. The molecule has 0 unspecified atom stereocenters. The van der Waals surface area contributed by atoms with Crippen molar-refractivity contribution in [3.05, 3.63) is 71.8 Å². The van der Waals surface area contributed by atoms with Crippen molar-refractivity contribution in [1.82, 2.24) is 29.5 Å². The van der Waals surface area contributed by atoms with Gasteiger partial charge in [0, 0.05) is 11.1 Å². The molecule has 0 radical (unpaired) electrons. The molecule has 6 heteroatoms. The maximum Gasteiger partial charge on any atom is 0.181 e. The van der Waals surface area contributed by atoms with Gasteiger partial charge in [0.15, 0.2) is 17.3 Å². The Labute approximate surface area is 184 Å². The second-order valence-electron chi connectivity index (χ2n) is 9.48. The van der Waals surface area contributed by atoms with Crippen LogP contribution in [-0.4, -0.2) is 29.5 Å². The largest absolute Gasteiger partial charge is 0.223 e. The van der Waals surface area contributed by atoms with Gasteiger partial charge in [0.1, 0.15) is 11.6 Å². The van der Waals surface area contributed by atoms with Gasteiger partial charge in [0.25, 0.3) is 0 Å². The van der Waals surface area contributed by atoms with E-state index in [1.807, 2.05) is 53.5 Å². The molecular weight excluding hydrogens is 384 g/mol. The zero-order valence-electron chi connectivity index (χ0n) is 19.4. The summed E-state index contributed by atoms with van der Waals surface area (Å²) in [6.07, 6.45) is 0. The van der Waals surface area contributed by atoms with Crippen molar-refractivity contribution in [2.75, 3.05) is 0 Å². The van der Waals surface area contributed by atoms with Crippen molar-refractivity contribution < 1.29 is 0 Å². The number of hydrogen-bond acceptors (Lipinski definition) is 4. The van der Waals surface area contributed by atoms with E-state index < -0.39 is 5.66 Å². The standard InChI is InChI=1S/C25H30N6/c1-17-26-22(19-12-9-8-10-13-19)28-30(17)25(6,7)31-18(2)27-23(29-31)20-14-11-15-21(16-20)24(3,4)5/h8-16H,1-7H3. The van der Waals surface area contributed by atoms with Gasteiger partial charge in [-0.2, -0.15) is 0 Å². The highest BCUT2D eigenvalue weighted by Gasteiger charge is 2.30. The van der Waals surface area contributed by atoms with Crippen LogP contribution in [0.5, 0.6) is 0 Å². The normalized spacial score (nSPS) is 12.4. The van der Waals surface area contributed by atoms with Gasteiger partial charge >= 0.3 is 0 Å². The third kappa shape index (κ3) is 3.90. The van der Waals surface area contributed by atoms with Crippen LogP contribution >= 0.6 is 0 Å². The molecular formula is C25H30N6. The van der Waals surface area contributed by atoms with Gasteiger partial charge in [0.05, 0.1) is 0 Å². The van der Waals surface area contributed by atoms with E-state index in [0.29, 0.717) is 5.82 Å². The Balaban J connectivity index is 1.74. The van der Waals surface area contributed by atoms with Crippen molar-refractivity contribution in [2.24, 2.45) is 0 Å². The molecule has 0 atom stereocenters. The summed E-state index contributed by atoms with van der Waals surface area (Å²) in [5.41, 5.74) is 2.78. The first-order chi connectivity index (χ1) is 14.6. The van der Waals surface area contributed by atoms with E-state index in [9.17, 15) is 0 Å². The predicted molar refractivity (Wildman–Crippen MR) is 124 cm³/mol. The van der Waals surface area contributed by atoms with Gasteiger partial charge in [-0.25, -0.2) is 19.3 Å². The quantitative estimate of drug-likeness (QED) is 0.451. The Bertz CT molecular complexity index is 1210. The van der Waals surface area contributed by atoms with Crippen LogP contribution in [0.3, 0.4) is 0 Å². The molecule has 2 heterocycles. The zero-order chi connectivity index (χ0) is 22.4. The second kappa shape index (κ2) is 7.45. The molecule has 0 spiro atoms. The lowest BCUT2D eigenvalue weighted by Gasteiger charge is -2.27. The second-order valence-corrected chi connectivity index (χ2v) is 9.48. The molecule has 0 saturated carbocycles. The average Bonchev–Trinajstić information content (AvgIpc) is 3.32. The molecule has 2 aromatic heterocycles. The van der Waals surface area contributed by atoms with Crippen molar-refractivity contribution in [1.29, 1.82) is 0 Å². The van der Waals surface area contributed by atoms with Crippen molar-refractivity contribution in [3.63, 3.8) is 0 Å². The summed E-state index contributed by atoms with van der Waals surface area (Å²) in [5, 5.41) is 9.71. The first-order valence-corrected chi connectivity index (χ1v) is 10.6. The third-order valence-electron chi connectivity index (χ3n) is 5.59. The van der Waals surface area contributed by atoms with Gasteiger partial charge in [-0.05, 0) is 44.7 Å². The first-order valence-electron chi connectivity index (χ1n) is 10.6. The summed E-state index contributed by atoms with van der Waals surface area (Å²) in [6, 6.07) is 18.5. The van der Waals surface area contributed by atoms with Gasteiger partial charge < -0.3 is 0 Å². The maximum atomic E-state index is 4.89. The maximum absolute atomic E-state index is 4.89. The van der Waals surface area contributed by atoms with Gasteiger partial charge in [-0.3, -0.25) is 0 Å². The highest BCUT2D eigenvalue weighted by Crippen LogP contribution is 2.28. The predicted octanol–water partition coefficient (Wildman–Crippen LogP) is 5.36. The van der Waals surface area contributed by atoms with Crippen molar-refractivity contribution >= 4 is 0 Å². The molecule has 0 amide bonds. The first kappa shape index (κ1) is 21.0. The molecule has 0 aliphatic carbocycles. The van der Waals surface area contributed by atoms with E-state index in [1.54, 1.807) is 0 Å². The fraction of sp³-hybridized carbons (Fsp3) is 0.360. The smallest absolute Gasteiger partial charge is 0.181 e. The number of nitrogens with zero attached hydrogens (tertiary/aromatic N) is 6. The molecule has 0 fully saturated rings. The van der Waals surface area contributed by atoms with Crippen LogP contribution in [0.25, 0.3) is 22.8 Å². The minimum absolute atomic E-state index is 0.0680. The van der Waals surface area contributed by atoms with E-state index in [1.165, 1.54) is 5.56 Å². The molecule has 160 valence electrons. The summed E-state index contributed by atoms with van der Waals surface area (Å²) in [4.78, 5) is 9.48. The molecule has 0 N–H and O–H groups in total. The highest BCUT2D eigenvalue weighted by atomic mass is 15.5. The zero-order valence-corrected chi connectivity index (χ0v) is 19.4. The number of hydrogen-bond donors (Lipinski definition) is 0. The molecule has 4 rings (SSSR count). The topological polar surface area (TPSA) is 61.4 Å². The molecule has 0 aliphatic rings. The van der Waals surface area contributed by atoms with Crippen LogP contribution in [-0.2, 0) is 11.1 Å². The molecule has 31 heavy (non-hydrogen) atoms. The molecule has 2 aromatic carbocycles. The lowest BCUT2D eigenvalue weighted by atomic mass is 9.86. The number of rotatable bonds is 4. The molecule has 0 bridgehead atoms. The summed E-state index contributed by atoms with van der Waals surface area (Å²) in [6.45, 7) is 14.8. The van der Waals surface area contributed by atoms with Crippen LogP contribution in [0.4, 0.5) is 0 Å². The van der Waals surface area contributed by atoms with Crippen LogP contribution in [0.15, 0.2) is 54.6 Å². The van der Waals surface area contributed by atoms with E-state index in [0.717, 1.165) is 28.6 Å². The van der Waals surface area contributed by atoms with E-state index in [4.69, 9.17) is 20.2 Å². The molecule has 0 aliphatic heterocycles. The summed E-state index contributed by atoms with van der Waals surface area (Å²) in [7, 11) is 0. The Morgan fingerprint density at radius 2 is 1.16 bits per heavy atom. The van der Waals surface area contributed by atoms with E-state index in [2.05, 4.69) is 58.9 Å². The van der Waals surface area contributed by atoms with E-state index in [-0.39, 0.29) is 5.41 Å². The highest BCUT2D eigenvalue weighted by molar-refractivity contribution is 5.57. The Morgan fingerprint density at radius 3 is 1.71 bits per heavy atom.